The van der Waals surface area contributed by atoms with E-state index in [9.17, 15) is 4.79 Å². The third-order valence-electron chi connectivity index (χ3n) is 9.23. The van der Waals surface area contributed by atoms with Gasteiger partial charge in [0.1, 0.15) is 27.3 Å². The van der Waals surface area contributed by atoms with Crippen LogP contribution in [0.25, 0.3) is 17.4 Å². The van der Waals surface area contributed by atoms with Gasteiger partial charge in [-0.25, -0.2) is 0 Å². The van der Waals surface area contributed by atoms with Crippen LogP contribution in [0.4, 0.5) is 0 Å². The molecule has 4 aliphatic rings. The zero-order valence-corrected chi connectivity index (χ0v) is 27.0. The second-order valence-corrected chi connectivity index (χ2v) is 13.5. The van der Waals surface area contributed by atoms with Crippen LogP contribution in [0.1, 0.15) is 56.3 Å². The Morgan fingerprint density at radius 3 is 2.48 bits per heavy atom. The number of piperazine rings is 1. The van der Waals surface area contributed by atoms with Crippen LogP contribution in [0.3, 0.4) is 0 Å². The highest BCUT2D eigenvalue weighted by Gasteiger charge is 2.48. The maximum Gasteiger partial charge on any atom is 0.266 e. The van der Waals surface area contributed by atoms with Crippen molar-refractivity contribution in [3.8, 4) is 22.8 Å². The number of carbonyl (C=O) groups excluding carboxylic acids is 1. The Morgan fingerprint density at radius 1 is 1.05 bits per heavy atom. The minimum Gasteiger partial charge on any atom is -0.497 e. The second kappa shape index (κ2) is 14.2. The Morgan fingerprint density at radius 2 is 1.81 bits per heavy atom. The molecular weight excluding hydrogens is 590 g/mol. The first-order valence-corrected chi connectivity index (χ1v) is 16.3. The molecule has 42 heavy (non-hydrogen) atoms. The number of hydrogen-bond donors (Lipinski definition) is 1. The molecule has 3 atom stereocenters. The van der Waals surface area contributed by atoms with Gasteiger partial charge in [-0.05, 0) is 80.7 Å². The summed E-state index contributed by atoms with van der Waals surface area (Å²) in [5.74, 6) is 4.30. The number of aryl methyl sites for hydroxylation is 1. The van der Waals surface area contributed by atoms with Crippen LogP contribution in [0.2, 0.25) is 0 Å². The maximum atomic E-state index is 13.7. The Hall–Kier alpha value is -2.04. The topological polar surface area (TPSA) is 67.2 Å². The molecule has 2 aromatic rings. The smallest absolute Gasteiger partial charge is 0.266 e. The number of amides is 1. The highest BCUT2D eigenvalue weighted by molar-refractivity contribution is 8.26. The fraction of sp³-hybridized carbons (Fsp3) is 0.562. The highest BCUT2D eigenvalue weighted by atomic mass is 35.5. The second-order valence-electron chi connectivity index (χ2n) is 11.8. The van der Waals surface area contributed by atoms with E-state index >= 15 is 0 Å². The fourth-order valence-electron chi connectivity index (χ4n) is 7.03. The normalized spacial score (nSPS) is 25.0. The molecule has 2 bridgehead atoms. The molecule has 1 amide bonds. The van der Waals surface area contributed by atoms with Crippen molar-refractivity contribution in [1.82, 2.24) is 15.1 Å². The van der Waals surface area contributed by atoms with Crippen molar-refractivity contribution in [1.29, 1.82) is 0 Å². The van der Waals surface area contributed by atoms with E-state index in [0.717, 1.165) is 87.0 Å². The molecule has 228 valence electrons. The van der Waals surface area contributed by atoms with Crippen LogP contribution in [-0.4, -0.2) is 73.0 Å². The number of unbranched alkanes of at least 4 members (excludes halogenated alkanes) is 2. The summed E-state index contributed by atoms with van der Waals surface area (Å²) < 4.78 is 18.2. The molecule has 1 aromatic heterocycles. The number of hydrogen-bond acceptors (Lipinski definition) is 8. The zero-order chi connectivity index (χ0) is 28.3. The molecule has 3 heterocycles. The lowest BCUT2D eigenvalue weighted by molar-refractivity contribution is -0.124. The molecular formula is C32H42ClN3O4S2. The minimum atomic E-state index is 0. The van der Waals surface area contributed by atoms with Gasteiger partial charge in [0.2, 0.25) is 0 Å². The predicted octanol–water partition coefficient (Wildman–Crippen LogP) is 6.39. The molecule has 3 unspecified atom stereocenters. The average molecular weight is 632 g/mol. The Labute approximate surface area is 265 Å². The summed E-state index contributed by atoms with van der Waals surface area (Å²) in [5.41, 5.74) is 2.00. The summed E-state index contributed by atoms with van der Waals surface area (Å²) in [4.78, 5) is 18.8. The van der Waals surface area contributed by atoms with Gasteiger partial charge in [0.05, 0.1) is 19.1 Å². The van der Waals surface area contributed by atoms with Gasteiger partial charge in [-0.2, -0.15) is 0 Å². The van der Waals surface area contributed by atoms with E-state index in [4.69, 9.17) is 26.1 Å². The van der Waals surface area contributed by atoms with E-state index < -0.39 is 0 Å². The lowest BCUT2D eigenvalue weighted by Gasteiger charge is -2.30. The van der Waals surface area contributed by atoms with Crippen molar-refractivity contribution in [2.24, 2.45) is 11.8 Å². The van der Waals surface area contributed by atoms with Gasteiger partial charge in [0.15, 0.2) is 0 Å². The van der Waals surface area contributed by atoms with Crippen LogP contribution in [0.15, 0.2) is 33.6 Å². The number of furan rings is 1. The molecule has 1 N–H and O–H groups in total. The summed E-state index contributed by atoms with van der Waals surface area (Å²) in [5, 5.41) is 3.42. The number of benzene rings is 1. The number of nitrogens with one attached hydrogen (secondary N) is 1. The average Bonchev–Trinajstić information content (AvgIpc) is 3.78. The van der Waals surface area contributed by atoms with E-state index in [-0.39, 0.29) is 24.4 Å². The van der Waals surface area contributed by atoms with Crippen molar-refractivity contribution in [3.63, 3.8) is 0 Å². The first kappa shape index (κ1) is 31.4. The van der Waals surface area contributed by atoms with E-state index in [0.29, 0.717) is 26.6 Å². The lowest BCUT2D eigenvalue weighted by Crippen LogP contribution is -2.43. The van der Waals surface area contributed by atoms with E-state index in [1.165, 1.54) is 37.4 Å². The van der Waals surface area contributed by atoms with Gasteiger partial charge in [-0.3, -0.25) is 9.69 Å². The SMILES string of the molecule is COc1cc(OC)cc(-c2cc(CCCCCN3CCNCC3)c(/C=C3\SC(=S)N(C4CC5CCC4C5)C3=O)o2)c1.Cl. The Balaban J connectivity index is 0.00000353. The van der Waals surface area contributed by atoms with Gasteiger partial charge in [-0.15, -0.1) is 12.4 Å². The van der Waals surface area contributed by atoms with E-state index in [1.807, 2.05) is 29.2 Å². The van der Waals surface area contributed by atoms with Crippen LogP contribution in [0, 0.1) is 11.8 Å². The number of thiocarbonyl (C=S) groups is 1. The van der Waals surface area contributed by atoms with Crippen LogP contribution in [0.5, 0.6) is 11.5 Å². The minimum absolute atomic E-state index is 0. The summed E-state index contributed by atoms with van der Waals surface area (Å²) >= 11 is 7.17. The predicted molar refractivity (Wildman–Crippen MR) is 176 cm³/mol. The van der Waals surface area contributed by atoms with E-state index in [2.05, 4.69) is 16.3 Å². The number of rotatable bonds is 11. The summed E-state index contributed by atoms with van der Waals surface area (Å²) in [6.45, 7) is 5.61. The molecule has 7 nitrogen and oxygen atoms in total. The van der Waals surface area contributed by atoms with Crippen LogP contribution in [-0.2, 0) is 11.2 Å². The van der Waals surface area contributed by atoms with Crippen molar-refractivity contribution >= 4 is 52.7 Å². The number of fused-ring (bicyclic) bond motifs is 2. The zero-order valence-electron chi connectivity index (χ0n) is 24.6. The third kappa shape index (κ3) is 6.86. The first-order chi connectivity index (χ1) is 20.0. The van der Waals surface area contributed by atoms with Gasteiger partial charge < -0.3 is 24.1 Å². The molecule has 0 radical (unpaired) electrons. The molecule has 2 saturated carbocycles. The van der Waals surface area contributed by atoms with Gasteiger partial charge in [0.25, 0.3) is 5.91 Å². The largest absolute Gasteiger partial charge is 0.497 e. The molecule has 10 heteroatoms. The van der Waals surface area contributed by atoms with Gasteiger partial charge in [-0.1, -0.05) is 36.8 Å². The molecule has 0 spiro atoms. The molecule has 2 saturated heterocycles. The lowest BCUT2D eigenvalue weighted by atomic mass is 9.94. The van der Waals surface area contributed by atoms with Crippen molar-refractivity contribution in [2.45, 2.75) is 57.4 Å². The monoisotopic (exact) mass is 631 g/mol. The van der Waals surface area contributed by atoms with Crippen LogP contribution < -0.4 is 14.8 Å². The molecule has 6 rings (SSSR count). The molecule has 2 aliphatic carbocycles. The van der Waals surface area contributed by atoms with E-state index in [1.54, 1.807) is 14.2 Å². The quantitative estimate of drug-likeness (QED) is 0.174. The standard InChI is InChI=1S/C32H41N3O4S2.ClH/c1-37-25-16-24(17-26(19-25)38-2)28-18-23(6-4-3-5-11-34-12-9-33-10-13-34)29(39-28)20-30-31(36)35(32(40)41-30)27-15-21-7-8-22(27)14-21;/h16-22,27,33H,3-15H2,1-2H3;1H/b30-20-;. The number of halogens is 1. The highest BCUT2D eigenvalue weighted by Crippen LogP contribution is 2.49. The Bertz CT molecular complexity index is 1290. The van der Waals surface area contributed by atoms with Gasteiger partial charge >= 0.3 is 0 Å². The number of ether oxygens (including phenoxy) is 2. The number of thioether (sulfide) groups is 1. The fourth-order valence-corrected chi connectivity index (χ4v) is 8.37. The van der Waals surface area contributed by atoms with Crippen LogP contribution >= 0.6 is 36.4 Å². The van der Waals surface area contributed by atoms with Crippen molar-refractivity contribution in [3.05, 3.63) is 40.5 Å². The van der Waals surface area contributed by atoms with Crippen molar-refractivity contribution in [2.75, 3.05) is 46.9 Å². The summed E-state index contributed by atoms with van der Waals surface area (Å²) in [6, 6.07) is 8.15. The molecule has 1 aromatic carbocycles. The van der Waals surface area contributed by atoms with Gasteiger partial charge in [0, 0.05) is 49.9 Å². The van der Waals surface area contributed by atoms with Crippen molar-refractivity contribution < 1.29 is 18.7 Å². The molecule has 2 aliphatic heterocycles. The summed E-state index contributed by atoms with van der Waals surface area (Å²) in [6.07, 6.45) is 11.1. The molecule has 4 fully saturated rings. The summed E-state index contributed by atoms with van der Waals surface area (Å²) in [7, 11) is 3.30. The number of carbonyl (C=O) groups is 1. The number of methoxy groups -OCH3 is 2. The first-order valence-electron chi connectivity index (χ1n) is 15.1. The third-order valence-corrected chi connectivity index (χ3v) is 10.6. The maximum absolute atomic E-state index is 13.7. The Kier molecular flexibility index (Phi) is 10.6. The number of nitrogens with zero attached hydrogens (tertiary/aromatic N) is 2.